The number of hydrogen-bond acceptors (Lipinski definition) is 4. The predicted molar refractivity (Wildman–Crippen MR) is 69.5 cm³/mol. The van der Waals surface area contributed by atoms with Gasteiger partial charge >= 0.3 is 0 Å². The molecule has 0 radical (unpaired) electrons. The monoisotopic (exact) mass is 246 g/mol. The number of ether oxygens (including phenoxy) is 1. The summed E-state index contributed by atoms with van der Waals surface area (Å²) < 4.78 is 10.8. The molecule has 0 amide bonds. The minimum absolute atomic E-state index is 0.402. The van der Waals surface area contributed by atoms with E-state index in [-0.39, 0.29) is 0 Å². The molecular formula is C14H18N2O2. The maximum absolute atomic E-state index is 5.67. The van der Waals surface area contributed by atoms with E-state index < -0.39 is 0 Å². The third-order valence-corrected chi connectivity index (χ3v) is 2.83. The average Bonchev–Trinajstić information content (AvgIpc) is 2.79. The highest BCUT2D eigenvalue weighted by Gasteiger charge is 2.04. The molecule has 0 atom stereocenters. The molecule has 0 fully saturated rings. The van der Waals surface area contributed by atoms with Gasteiger partial charge in [0, 0.05) is 12.6 Å². The van der Waals surface area contributed by atoms with Gasteiger partial charge in [0.2, 0.25) is 0 Å². The van der Waals surface area contributed by atoms with Gasteiger partial charge in [-0.15, -0.1) is 0 Å². The van der Waals surface area contributed by atoms with Crippen molar-refractivity contribution < 1.29 is 9.26 Å². The lowest BCUT2D eigenvalue weighted by Gasteiger charge is -2.06. The molecule has 0 saturated carbocycles. The first kappa shape index (κ1) is 12.6. The summed E-state index contributed by atoms with van der Waals surface area (Å²) in [6.45, 7) is 5.26. The summed E-state index contributed by atoms with van der Waals surface area (Å²) in [7, 11) is 1.87. The fourth-order valence-electron chi connectivity index (χ4n) is 1.65. The molecule has 4 nitrogen and oxygen atoms in total. The summed E-state index contributed by atoms with van der Waals surface area (Å²) in [5.41, 5.74) is 3.37. The van der Waals surface area contributed by atoms with Crippen molar-refractivity contribution in [2.45, 2.75) is 27.0 Å². The first-order valence-corrected chi connectivity index (χ1v) is 5.98. The van der Waals surface area contributed by atoms with Crippen LogP contribution in [0.5, 0.6) is 5.75 Å². The SMILES string of the molecule is CNCc1cc(COc2ccc(C)c(C)c2)on1. The van der Waals surface area contributed by atoms with Gasteiger partial charge in [0.05, 0.1) is 5.69 Å². The van der Waals surface area contributed by atoms with E-state index in [0.29, 0.717) is 13.2 Å². The highest BCUT2D eigenvalue weighted by Crippen LogP contribution is 2.18. The number of aromatic nitrogens is 1. The fraction of sp³-hybridized carbons (Fsp3) is 0.357. The van der Waals surface area contributed by atoms with Crippen molar-refractivity contribution >= 4 is 0 Å². The summed E-state index contributed by atoms with van der Waals surface area (Å²) in [6, 6.07) is 7.95. The van der Waals surface area contributed by atoms with Gasteiger partial charge in [0.1, 0.15) is 12.4 Å². The first-order valence-electron chi connectivity index (χ1n) is 5.98. The predicted octanol–water partition coefficient (Wildman–Crippen LogP) is 2.59. The first-order chi connectivity index (χ1) is 8.69. The van der Waals surface area contributed by atoms with Crippen LogP contribution in [-0.4, -0.2) is 12.2 Å². The molecule has 1 aromatic heterocycles. The van der Waals surface area contributed by atoms with Gasteiger partial charge in [-0.2, -0.15) is 0 Å². The van der Waals surface area contributed by atoms with Crippen LogP contribution < -0.4 is 10.1 Å². The van der Waals surface area contributed by atoms with Crippen molar-refractivity contribution in [1.29, 1.82) is 0 Å². The zero-order chi connectivity index (χ0) is 13.0. The Morgan fingerprint density at radius 1 is 1.22 bits per heavy atom. The van der Waals surface area contributed by atoms with E-state index in [1.165, 1.54) is 11.1 Å². The van der Waals surface area contributed by atoms with E-state index >= 15 is 0 Å². The van der Waals surface area contributed by atoms with Crippen LogP contribution >= 0.6 is 0 Å². The average molecular weight is 246 g/mol. The number of benzene rings is 1. The Morgan fingerprint density at radius 2 is 2.06 bits per heavy atom. The molecule has 1 aromatic carbocycles. The molecule has 2 aromatic rings. The van der Waals surface area contributed by atoms with Crippen molar-refractivity contribution in [3.63, 3.8) is 0 Å². The second kappa shape index (κ2) is 5.69. The van der Waals surface area contributed by atoms with E-state index in [1.54, 1.807) is 0 Å². The van der Waals surface area contributed by atoms with Gasteiger partial charge in [0.15, 0.2) is 5.76 Å². The molecule has 96 valence electrons. The van der Waals surface area contributed by atoms with Crippen LogP contribution in [0.1, 0.15) is 22.6 Å². The molecule has 18 heavy (non-hydrogen) atoms. The van der Waals surface area contributed by atoms with Crippen LogP contribution in [0.15, 0.2) is 28.8 Å². The van der Waals surface area contributed by atoms with E-state index in [4.69, 9.17) is 9.26 Å². The molecule has 0 bridgehead atoms. The van der Waals surface area contributed by atoms with Gasteiger partial charge in [-0.05, 0) is 44.2 Å². The standard InChI is InChI=1S/C14H18N2O2/c1-10-4-5-13(6-11(10)2)17-9-14-7-12(8-15-3)16-18-14/h4-7,15H,8-9H2,1-3H3. The third kappa shape index (κ3) is 3.11. The molecule has 0 spiro atoms. The van der Waals surface area contributed by atoms with Crippen LogP contribution in [0.4, 0.5) is 0 Å². The number of nitrogens with zero attached hydrogens (tertiary/aromatic N) is 1. The zero-order valence-electron chi connectivity index (χ0n) is 11.0. The molecule has 2 rings (SSSR count). The minimum atomic E-state index is 0.402. The van der Waals surface area contributed by atoms with Crippen molar-refractivity contribution in [1.82, 2.24) is 10.5 Å². The maximum Gasteiger partial charge on any atom is 0.174 e. The Labute approximate surface area is 107 Å². The molecule has 0 aliphatic heterocycles. The van der Waals surface area contributed by atoms with Crippen molar-refractivity contribution in [2.24, 2.45) is 0 Å². The summed E-state index contributed by atoms with van der Waals surface area (Å²) in [5, 5.41) is 6.95. The summed E-state index contributed by atoms with van der Waals surface area (Å²) in [5.74, 6) is 1.59. The van der Waals surface area contributed by atoms with Crippen LogP contribution in [0.2, 0.25) is 0 Å². The van der Waals surface area contributed by atoms with Gasteiger partial charge in [-0.3, -0.25) is 0 Å². The van der Waals surface area contributed by atoms with E-state index in [0.717, 1.165) is 17.2 Å². The Hall–Kier alpha value is -1.81. The fourth-order valence-corrected chi connectivity index (χ4v) is 1.65. The van der Waals surface area contributed by atoms with Crippen LogP contribution in [0, 0.1) is 13.8 Å². The third-order valence-electron chi connectivity index (χ3n) is 2.83. The molecule has 0 aliphatic carbocycles. The Kier molecular flexibility index (Phi) is 3.99. The lowest BCUT2D eigenvalue weighted by molar-refractivity contribution is 0.248. The quantitative estimate of drug-likeness (QED) is 0.881. The Balaban J connectivity index is 1.95. The Bertz CT molecular complexity index is 520. The largest absolute Gasteiger partial charge is 0.486 e. The summed E-state index contributed by atoms with van der Waals surface area (Å²) >= 11 is 0. The van der Waals surface area contributed by atoms with Crippen LogP contribution in [-0.2, 0) is 13.2 Å². The molecule has 1 heterocycles. The second-order valence-corrected chi connectivity index (χ2v) is 4.35. The van der Waals surface area contributed by atoms with Crippen molar-refractivity contribution in [2.75, 3.05) is 7.05 Å². The number of hydrogen-bond donors (Lipinski definition) is 1. The maximum atomic E-state index is 5.67. The number of aryl methyl sites for hydroxylation is 2. The van der Waals surface area contributed by atoms with Gasteiger partial charge in [-0.1, -0.05) is 11.2 Å². The van der Waals surface area contributed by atoms with Crippen molar-refractivity contribution in [3.05, 3.63) is 46.8 Å². The van der Waals surface area contributed by atoms with Crippen molar-refractivity contribution in [3.8, 4) is 5.75 Å². The van der Waals surface area contributed by atoms with E-state index in [1.807, 2.05) is 25.2 Å². The van der Waals surface area contributed by atoms with Gasteiger partial charge < -0.3 is 14.6 Å². The minimum Gasteiger partial charge on any atom is -0.486 e. The normalized spacial score (nSPS) is 10.6. The van der Waals surface area contributed by atoms with Crippen LogP contribution in [0.25, 0.3) is 0 Å². The zero-order valence-corrected chi connectivity index (χ0v) is 11.0. The van der Waals surface area contributed by atoms with Crippen LogP contribution in [0.3, 0.4) is 0 Å². The number of nitrogens with one attached hydrogen (secondary N) is 1. The highest BCUT2D eigenvalue weighted by molar-refractivity contribution is 5.33. The lowest BCUT2D eigenvalue weighted by atomic mass is 10.1. The highest BCUT2D eigenvalue weighted by atomic mass is 16.5. The van der Waals surface area contributed by atoms with Gasteiger partial charge in [0.25, 0.3) is 0 Å². The number of rotatable bonds is 5. The summed E-state index contributed by atoms with van der Waals surface area (Å²) in [6.07, 6.45) is 0. The smallest absolute Gasteiger partial charge is 0.174 e. The van der Waals surface area contributed by atoms with E-state index in [2.05, 4.69) is 30.4 Å². The van der Waals surface area contributed by atoms with E-state index in [9.17, 15) is 0 Å². The Morgan fingerprint density at radius 3 is 2.78 bits per heavy atom. The summed E-state index contributed by atoms with van der Waals surface area (Å²) in [4.78, 5) is 0. The lowest BCUT2D eigenvalue weighted by Crippen LogP contribution is -2.04. The second-order valence-electron chi connectivity index (χ2n) is 4.35. The molecule has 0 unspecified atom stereocenters. The molecule has 4 heteroatoms. The topological polar surface area (TPSA) is 47.3 Å². The molecular weight excluding hydrogens is 228 g/mol. The molecule has 1 N–H and O–H groups in total. The van der Waals surface area contributed by atoms with Gasteiger partial charge in [-0.25, -0.2) is 0 Å². The molecule has 0 saturated heterocycles. The molecule has 0 aliphatic rings.